The van der Waals surface area contributed by atoms with E-state index in [0.717, 1.165) is 16.4 Å². The highest BCUT2D eigenvalue weighted by Crippen LogP contribution is 2.27. The zero-order chi connectivity index (χ0) is 21.9. The quantitative estimate of drug-likeness (QED) is 0.779. The molecule has 1 unspecified atom stereocenters. The number of halogens is 3. The molecular formula is C20H18F3N3O3S. The van der Waals surface area contributed by atoms with Gasteiger partial charge in [-0.15, -0.1) is 0 Å². The third kappa shape index (κ3) is 4.47. The highest BCUT2D eigenvalue weighted by Gasteiger charge is 2.34. The number of hydrogen-bond donors (Lipinski definition) is 1. The van der Waals surface area contributed by atoms with Crippen LogP contribution in [0.4, 0.5) is 13.2 Å². The van der Waals surface area contributed by atoms with Crippen LogP contribution in [0.15, 0.2) is 47.4 Å². The summed E-state index contributed by atoms with van der Waals surface area (Å²) in [4.78, 5) is 11.8. The predicted molar refractivity (Wildman–Crippen MR) is 101 cm³/mol. The first-order chi connectivity index (χ1) is 14.2. The van der Waals surface area contributed by atoms with E-state index in [-0.39, 0.29) is 31.5 Å². The Bertz CT molecular complexity index is 1090. The van der Waals surface area contributed by atoms with Gasteiger partial charge >= 0.3 is 0 Å². The van der Waals surface area contributed by atoms with E-state index in [9.17, 15) is 31.6 Å². The molecule has 1 heterocycles. The number of nitrogens with zero attached hydrogens (tertiary/aromatic N) is 2. The predicted octanol–water partition coefficient (Wildman–Crippen LogP) is 2.89. The smallest absolute Gasteiger partial charge is 0.246 e. The minimum Gasteiger partial charge on any atom is -0.336 e. The molecule has 158 valence electrons. The van der Waals surface area contributed by atoms with Crippen molar-refractivity contribution in [2.24, 2.45) is 5.92 Å². The average Bonchev–Trinajstić information content (AvgIpc) is 2.74. The zero-order valence-electron chi connectivity index (χ0n) is 15.7. The normalized spacial score (nSPS) is 16.6. The lowest BCUT2D eigenvalue weighted by Gasteiger charge is -2.31. The number of carbonyl (C=O) groups is 1. The van der Waals surface area contributed by atoms with E-state index in [0.29, 0.717) is 6.07 Å². The molecule has 0 saturated carbocycles. The Balaban J connectivity index is 1.66. The Morgan fingerprint density at radius 3 is 2.40 bits per heavy atom. The van der Waals surface area contributed by atoms with Crippen LogP contribution >= 0.6 is 0 Å². The van der Waals surface area contributed by atoms with Gasteiger partial charge < -0.3 is 5.32 Å². The topological polar surface area (TPSA) is 90.3 Å². The molecular weight excluding hydrogens is 419 g/mol. The van der Waals surface area contributed by atoms with Crippen molar-refractivity contribution in [2.75, 3.05) is 13.1 Å². The van der Waals surface area contributed by atoms with E-state index in [2.05, 4.69) is 5.32 Å². The standard InChI is InChI=1S/C20H18F3N3O3S/c21-14-5-6-17(23)19(11-14)30(28,29)26-9-7-13(8-10-26)20(27)25-18(12-24)15-3-1-2-4-16(15)22/h1-6,11,13,18H,7-10H2,(H,25,27). The lowest BCUT2D eigenvalue weighted by Crippen LogP contribution is -2.43. The summed E-state index contributed by atoms with van der Waals surface area (Å²) in [6.07, 6.45) is 0.245. The van der Waals surface area contributed by atoms with E-state index in [1.807, 2.05) is 6.07 Å². The SMILES string of the molecule is N#CC(NC(=O)C1CCN(S(=O)(=O)c2cc(F)ccc2F)CC1)c1ccccc1F. The second-order valence-corrected chi connectivity index (χ2v) is 8.75. The highest BCUT2D eigenvalue weighted by molar-refractivity contribution is 7.89. The summed E-state index contributed by atoms with van der Waals surface area (Å²) in [5.41, 5.74) is 0.0370. The van der Waals surface area contributed by atoms with Gasteiger partial charge in [0, 0.05) is 24.6 Å². The number of nitriles is 1. The van der Waals surface area contributed by atoms with Gasteiger partial charge in [0.05, 0.1) is 6.07 Å². The second kappa shape index (κ2) is 8.85. The Morgan fingerprint density at radius 2 is 1.77 bits per heavy atom. The number of amides is 1. The van der Waals surface area contributed by atoms with Crippen molar-refractivity contribution in [3.8, 4) is 6.07 Å². The summed E-state index contributed by atoms with van der Waals surface area (Å²) in [5, 5.41) is 11.8. The number of benzene rings is 2. The lowest BCUT2D eigenvalue weighted by atomic mass is 9.96. The van der Waals surface area contributed by atoms with Gasteiger partial charge in [-0.2, -0.15) is 9.57 Å². The van der Waals surface area contributed by atoms with Crippen LogP contribution in [0.25, 0.3) is 0 Å². The maximum absolute atomic E-state index is 13.9. The van der Waals surface area contributed by atoms with Crippen molar-refractivity contribution in [3.05, 3.63) is 65.5 Å². The van der Waals surface area contributed by atoms with Crippen LogP contribution in [0, 0.1) is 34.7 Å². The molecule has 1 fully saturated rings. The summed E-state index contributed by atoms with van der Waals surface area (Å²) in [6.45, 7) is -0.152. The summed E-state index contributed by atoms with van der Waals surface area (Å²) >= 11 is 0. The van der Waals surface area contributed by atoms with E-state index < -0.39 is 50.2 Å². The van der Waals surface area contributed by atoms with Crippen LogP contribution in [0.2, 0.25) is 0 Å². The molecule has 0 spiro atoms. The first-order valence-corrected chi connectivity index (χ1v) is 10.6. The molecule has 3 rings (SSSR count). The molecule has 1 aliphatic rings. The van der Waals surface area contributed by atoms with Gasteiger partial charge in [0.15, 0.2) is 0 Å². The van der Waals surface area contributed by atoms with Gasteiger partial charge in [-0.3, -0.25) is 4.79 Å². The van der Waals surface area contributed by atoms with Crippen LogP contribution in [-0.4, -0.2) is 31.7 Å². The molecule has 10 heteroatoms. The number of piperidine rings is 1. The van der Waals surface area contributed by atoms with Crippen LogP contribution < -0.4 is 5.32 Å². The third-order valence-electron chi connectivity index (χ3n) is 4.97. The van der Waals surface area contributed by atoms with Gasteiger partial charge in [0.2, 0.25) is 15.9 Å². The molecule has 0 aliphatic carbocycles. The number of nitrogens with one attached hydrogen (secondary N) is 1. The fourth-order valence-corrected chi connectivity index (χ4v) is 4.87. The fourth-order valence-electron chi connectivity index (χ4n) is 3.32. The molecule has 0 bridgehead atoms. The van der Waals surface area contributed by atoms with Gasteiger partial charge in [-0.25, -0.2) is 21.6 Å². The maximum atomic E-state index is 13.9. The van der Waals surface area contributed by atoms with Crippen molar-refractivity contribution in [1.82, 2.24) is 9.62 Å². The summed E-state index contributed by atoms with van der Waals surface area (Å²) in [6, 6.07) is 8.44. The lowest BCUT2D eigenvalue weighted by molar-refractivity contribution is -0.126. The monoisotopic (exact) mass is 437 g/mol. The third-order valence-corrected chi connectivity index (χ3v) is 6.88. The first kappa shape index (κ1) is 21.8. The van der Waals surface area contributed by atoms with Crippen molar-refractivity contribution in [2.45, 2.75) is 23.8 Å². The number of hydrogen-bond acceptors (Lipinski definition) is 4. The molecule has 1 amide bonds. The van der Waals surface area contributed by atoms with Crippen LogP contribution in [-0.2, 0) is 14.8 Å². The van der Waals surface area contributed by atoms with Gasteiger partial charge in [-0.05, 0) is 37.1 Å². The number of carbonyl (C=O) groups excluding carboxylic acids is 1. The molecule has 2 aromatic rings. The van der Waals surface area contributed by atoms with Crippen molar-refractivity contribution in [1.29, 1.82) is 5.26 Å². The minimum absolute atomic E-state index is 0.0370. The molecule has 0 radical (unpaired) electrons. The summed E-state index contributed by atoms with van der Waals surface area (Å²) in [5.74, 6) is -3.66. The molecule has 30 heavy (non-hydrogen) atoms. The number of sulfonamides is 1. The fraction of sp³-hybridized carbons (Fsp3) is 0.300. The molecule has 6 nitrogen and oxygen atoms in total. The van der Waals surface area contributed by atoms with Crippen molar-refractivity contribution < 1.29 is 26.4 Å². The Morgan fingerprint density at radius 1 is 1.10 bits per heavy atom. The average molecular weight is 437 g/mol. The maximum Gasteiger partial charge on any atom is 0.246 e. The Kier molecular flexibility index (Phi) is 6.43. The first-order valence-electron chi connectivity index (χ1n) is 9.13. The Labute approximate surface area is 172 Å². The molecule has 2 aromatic carbocycles. The van der Waals surface area contributed by atoms with Gasteiger partial charge in [0.25, 0.3) is 0 Å². The molecule has 1 saturated heterocycles. The molecule has 1 N–H and O–H groups in total. The minimum atomic E-state index is -4.26. The van der Waals surface area contributed by atoms with E-state index in [1.54, 1.807) is 6.07 Å². The highest BCUT2D eigenvalue weighted by atomic mass is 32.2. The molecule has 1 atom stereocenters. The molecule has 1 aliphatic heterocycles. The van der Waals surface area contributed by atoms with E-state index >= 15 is 0 Å². The summed E-state index contributed by atoms with van der Waals surface area (Å²) in [7, 11) is -4.26. The second-order valence-electron chi connectivity index (χ2n) is 6.85. The van der Waals surface area contributed by atoms with Gasteiger partial charge in [-0.1, -0.05) is 18.2 Å². The van der Waals surface area contributed by atoms with Crippen LogP contribution in [0.1, 0.15) is 24.4 Å². The zero-order valence-corrected chi connectivity index (χ0v) is 16.5. The largest absolute Gasteiger partial charge is 0.336 e. The number of rotatable bonds is 5. The van der Waals surface area contributed by atoms with E-state index in [4.69, 9.17) is 0 Å². The van der Waals surface area contributed by atoms with Crippen molar-refractivity contribution in [3.63, 3.8) is 0 Å². The van der Waals surface area contributed by atoms with E-state index in [1.165, 1.54) is 18.2 Å². The molecule has 0 aromatic heterocycles. The van der Waals surface area contributed by atoms with Crippen LogP contribution in [0.5, 0.6) is 0 Å². The van der Waals surface area contributed by atoms with Crippen molar-refractivity contribution >= 4 is 15.9 Å². The van der Waals surface area contributed by atoms with Gasteiger partial charge in [0.1, 0.15) is 28.4 Å². The summed E-state index contributed by atoms with van der Waals surface area (Å²) < 4.78 is 67.4. The van der Waals surface area contributed by atoms with Crippen LogP contribution in [0.3, 0.4) is 0 Å². The Hall–Kier alpha value is -2.90.